The maximum atomic E-state index is 11.5. The van der Waals surface area contributed by atoms with Gasteiger partial charge in [-0.2, -0.15) is 0 Å². The van der Waals surface area contributed by atoms with Crippen LogP contribution in [0, 0.1) is 0 Å². The highest BCUT2D eigenvalue weighted by Crippen LogP contribution is 2.27. The second-order valence-electron chi connectivity index (χ2n) is 4.19. The Morgan fingerprint density at radius 3 is 2.71 bits per heavy atom. The van der Waals surface area contributed by atoms with Gasteiger partial charge in [0.2, 0.25) is 15.9 Å². The van der Waals surface area contributed by atoms with Crippen LogP contribution in [0.25, 0.3) is 0 Å². The number of benzene rings is 1. The topological polar surface area (TPSA) is 89.3 Å². The molecule has 5 nitrogen and oxygen atoms in total. The first-order chi connectivity index (χ1) is 7.97. The zero-order valence-corrected chi connectivity index (χ0v) is 10.0. The molecular weight excluding hydrogens is 240 g/mol. The minimum absolute atomic E-state index is 0.0248. The molecule has 0 aliphatic heterocycles. The van der Waals surface area contributed by atoms with Crippen molar-refractivity contribution in [3.8, 4) is 0 Å². The van der Waals surface area contributed by atoms with Crippen molar-refractivity contribution in [1.29, 1.82) is 0 Å². The summed E-state index contributed by atoms with van der Waals surface area (Å²) < 4.78 is 25.1. The van der Waals surface area contributed by atoms with Crippen molar-refractivity contribution >= 4 is 21.6 Å². The molecule has 1 saturated carbocycles. The number of carbonyl (C=O) groups is 1. The lowest BCUT2D eigenvalue weighted by Gasteiger charge is -2.05. The molecule has 0 unspecified atom stereocenters. The summed E-state index contributed by atoms with van der Waals surface area (Å²) in [6, 6.07) is 6.83. The number of nitrogens with two attached hydrogens (primary N) is 1. The Morgan fingerprint density at radius 1 is 1.41 bits per heavy atom. The highest BCUT2D eigenvalue weighted by molar-refractivity contribution is 7.90. The van der Waals surface area contributed by atoms with Gasteiger partial charge in [-0.3, -0.25) is 9.52 Å². The van der Waals surface area contributed by atoms with Gasteiger partial charge in [-0.15, -0.1) is 0 Å². The Labute approximate surface area is 100 Å². The fourth-order valence-electron chi connectivity index (χ4n) is 1.54. The van der Waals surface area contributed by atoms with Crippen molar-refractivity contribution in [2.45, 2.75) is 24.5 Å². The van der Waals surface area contributed by atoms with Gasteiger partial charge in [-0.05, 0) is 30.5 Å². The molecule has 6 heteroatoms. The lowest BCUT2D eigenvalue weighted by atomic mass is 10.1. The molecule has 1 amide bonds. The third-order valence-electron chi connectivity index (χ3n) is 2.54. The maximum Gasteiger partial charge on any atom is 0.237 e. The van der Waals surface area contributed by atoms with E-state index in [2.05, 4.69) is 4.72 Å². The van der Waals surface area contributed by atoms with Crippen LogP contribution in [0.15, 0.2) is 24.3 Å². The first-order valence-electron chi connectivity index (χ1n) is 5.36. The van der Waals surface area contributed by atoms with Gasteiger partial charge in [-0.25, -0.2) is 8.42 Å². The minimum atomic E-state index is -3.45. The number of anilines is 1. The smallest absolute Gasteiger partial charge is 0.237 e. The summed E-state index contributed by atoms with van der Waals surface area (Å²) in [5.74, 6) is -0.512. The van der Waals surface area contributed by atoms with Crippen molar-refractivity contribution < 1.29 is 13.2 Å². The van der Waals surface area contributed by atoms with Crippen molar-refractivity contribution in [3.63, 3.8) is 0 Å². The van der Waals surface area contributed by atoms with E-state index in [-0.39, 0.29) is 11.7 Å². The molecule has 0 radical (unpaired) electrons. The number of amides is 1. The van der Waals surface area contributed by atoms with E-state index in [0.29, 0.717) is 24.1 Å². The number of hydrogen-bond donors (Lipinski definition) is 2. The van der Waals surface area contributed by atoms with Crippen molar-refractivity contribution in [2.24, 2.45) is 0 Å². The largest absolute Gasteiger partial charge is 0.399 e. The second-order valence-corrected chi connectivity index (χ2v) is 6.15. The van der Waals surface area contributed by atoms with E-state index in [1.165, 1.54) is 0 Å². The van der Waals surface area contributed by atoms with Gasteiger partial charge < -0.3 is 5.73 Å². The lowest BCUT2D eigenvalue weighted by molar-refractivity contribution is -0.118. The summed E-state index contributed by atoms with van der Waals surface area (Å²) in [5, 5.41) is -0.382. The zero-order chi connectivity index (χ0) is 12.5. The van der Waals surface area contributed by atoms with Gasteiger partial charge in [0.15, 0.2) is 0 Å². The number of nitrogens with one attached hydrogen (secondary N) is 1. The minimum Gasteiger partial charge on any atom is -0.399 e. The summed E-state index contributed by atoms with van der Waals surface area (Å²) >= 11 is 0. The molecule has 1 aliphatic rings. The lowest BCUT2D eigenvalue weighted by Crippen LogP contribution is -2.34. The van der Waals surface area contributed by atoms with E-state index >= 15 is 0 Å². The van der Waals surface area contributed by atoms with E-state index < -0.39 is 15.9 Å². The van der Waals surface area contributed by atoms with Crippen molar-refractivity contribution in [3.05, 3.63) is 29.8 Å². The third kappa shape index (κ3) is 3.20. The van der Waals surface area contributed by atoms with Crippen LogP contribution in [-0.4, -0.2) is 19.6 Å². The highest BCUT2D eigenvalue weighted by atomic mass is 32.2. The quantitative estimate of drug-likeness (QED) is 0.762. The first-order valence-corrected chi connectivity index (χ1v) is 6.91. The molecule has 1 aromatic rings. The van der Waals surface area contributed by atoms with Crippen molar-refractivity contribution in [1.82, 2.24) is 4.72 Å². The predicted octanol–water partition coefficient (Wildman–Crippen LogP) is 0.420. The van der Waals surface area contributed by atoms with E-state index in [1.807, 2.05) is 0 Å². The molecule has 1 aliphatic carbocycles. The number of hydrogen-bond acceptors (Lipinski definition) is 4. The maximum absolute atomic E-state index is 11.5. The summed E-state index contributed by atoms with van der Waals surface area (Å²) in [6.07, 6.45) is 1.30. The zero-order valence-electron chi connectivity index (χ0n) is 9.22. The summed E-state index contributed by atoms with van der Waals surface area (Å²) in [7, 11) is -3.45. The van der Waals surface area contributed by atoms with Gasteiger partial charge in [0.05, 0.1) is 11.7 Å². The molecule has 17 heavy (non-hydrogen) atoms. The molecular formula is C11H14N2O3S. The van der Waals surface area contributed by atoms with Crippen LogP contribution in [0.2, 0.25) is 0 Å². The number of rotatable bonds is 4. The standard InChI is InChI=1S/C11H14N2O3S/c12-9-3-1-2-8(6-9)7-11(14)13-17(15,16)10-4-5-10/h1-3,6,10H,4-5,7,12H2,(H,13,14). The fraction of sp³-hybridized carbons (Fsp3) is 0.364. The van der Waals surface area contributed by atoms with Gasteiger partial charge >= 0.3 is 0 Å². The van der Waals surface area contributed by atoms with Crippen LogP contribution in [0.3, 0.4) is 0 Å². The van der Waals surface area contributed by atoms with Crippen LogP contribution < -0.4 is 10.5 Å². The Hall–Kier alpha value is -1.56. The second kappa shape index (κ2) is 4.37. The number of sulfonamides is 1. The number of carbonyl (C=O) groups excluding carboxylic acids is 1. The SMILES string of the molecule is Nc1cccc(CC(=O)NS(=O)(=O)C2CC2)c1. The van der Waals surface area contributed by atoms with Crippen molar-refractivity contribution in [2.75, 3.05) is 5.73 Å². The molecule has 92 valence electrons. The monoisotopic (exact) mass is 254 g/mol. The van der Waals surface area contributed by atoms with E-state index in [0.717, 1.165) is 0 Å². The van der Waals surface area contributed by atoms with Gasteiger partial charge in [-0.1, -0.05) is 12.1 Å². The van der Waals surface area contributed by atoms with E-state index in [4.69, 9.17) is 5.73 Å². The number of nitrogen functional groups attached to an aromatic ring is 1. The summed E-state index contributed by atoms with van der Waals surface area (Å²) in [5.41, 5.74) is 6.83. The van der Waals surface area contributed by atoms with Crippen LogP contribution in [0.4, 0.5) is 5.69 Å². The molecule has 2 rings (SSSR count). The van der Waals surface area contributed by atoms with E-state index in [1.54, 1.807) is 24.3 Å². The van der Waals surface area contributed by atoms with Gasteiger partial charge in [0, 0.05) is 5.69 Å². The Morgan fingerprint density at radius 2 is 2.12 bits per heavy atom. The summed E-state index contributed by atoms with van der Waals surface area (Å²) in [4.78, 5) is 11.5. The van der Waals surface area contributed by atoms with Crippen LogP contribution in [-0.2, 0) is 21.2 Å². The van der Waals surface area contributed by atoms with Crippen LogP contribution >= 0.6 is 0 Å². The van der Waals surface area contributed by atoms with Gasteiger partial charge in [0.1, 0.15) is 0 Å². The van der Waals surface area contributed by atoms with Crippen LogP contribution in [0.1, 0.15) is 18.4 Å². The molecule has 0 saturated heterocycles. The molecule has 0 bridgehead atoms. The Kier molecular flexibility index (Phi) is 3.06. The molecule has 1 fully saturated rings. The van der Waals surface area contributed by atoms with E-state index in [9.17, 15) is 13.2 Å². The molecule has 3 N–H and O–H groups in total. The van der Waals surface area contributed by atoms with Crippen LogP contribution in [0.5, 0.6) is 0 Å². The Bertz CT molecular complexity index is 535. The molecule has 1 aromatic carbocycles. The average Bonchev–Trinajstić information content (AvgIpc) is 2.98. The fourth-order valence-corrected chi connectivity index (χ4v) is 2.86. The normalized spacial score (nSPS) is 15.5. The summed E-state index contributed by atoms with van der Waals surface area (Å²) in [6.45, 7) is 0. The predicted molar refractivity (Wildman–Crippen MR) is 64.6 cm³/mol. The third-order valence-corrected chi connectivity index (χ3v) is 4.40. The Balaban J connectivity index is 1.98. The molecule has 0 heterocycles. The molecule has 0 atom stereocenters. The highest BCUT2D eigenvalue weighted by Gasteiger charge is 2.36. The van der Waals surface area contributed by atoms with Gasteiger partial charge in [0.25, 0.3) is 0 Å². The molecule has 0 spiro atoms. The first kappa shape index (κ1) is 11.9. The average molecular weight is 254 g/mol. The molecule has 0 aromatic heterocycles.